The molecule has 0 spiro atoms. The third kappa shape index (κ3) is 4.01. The van der Waals surface area contributed by atoms with Gasteiger partial charge >= 0.3 is 0 Å². The van der Waals surface area contributed by atoms with Crippen LogP contribution in [-0.2, 0) is 0 Å². The lowest BCUT2D eigenvalue weighted by molar-refractivity contribution is 0.0919. The minimum Gasteiger partial charge on any atom is -0.347 e. The van der Waals surface area contributed by atoms with Gasteiger partial charge in [-0.1, -0.05) is 0 Å². The molecular weight excluding hydrogens is 254 g/mol. The van der Waals surface area contributed by atoms with Gasteiger partial charge < -0.3 is 10.6 Å². The van der Waals surface area contributed by atoms with Crippen molar-refractivity contribution < 1.29 is 4.79 Å². The third-order valence-corrected chi connectivity index (χ3v) is 2.30. The largest absolute Gasteiger partial charge is 0.347 e. The van der Waals surface area contributed by atoms with Crippen LogP contribution in [0.25, 0.3) is 0 Å². The Hall–Kier alpha value is -2.50. The highest BCUT2D eigenvalue weighted by Crippen LogP contribution is 2.13. The predicted octanol–water partition coefficient (Wildman–Crippen LogP) is 1.74. The lowest BCUT2D eigenvalue weighted by Crippen LogP contribution is -2.40. The highest BCUT2D eigenvalue weighted by Gasteiger charge is 2.14. The van der Waals surface area contributed by atoms with Gasteiger partial charge in [-0.3, -0.25) is 4.79 Å². The number of rotatable bonds is 3. The molecule has 0 unspecified atom stereocenters. The third-order valence-electron chi connectivity index (χ3n) is 2.30. The molecule has 1 amide bonds. The van der Waals surface area contributed by atoms with Crippen LogP contribution in [0.3, 0.4) is 0 Å². The number of carbonyl (C=O) groups is 1. The summed E-state index contributed by atoms with van der Waals surface area (Å²) in [5, 5.41) is 5.86. The van der Waals surface area contributed by atoms with Crippen molar-refractivity contribution in [3.8, 4) is 0 Å². The van der Waals surface area contributed by atoms with Gasteiger partial charge in [-0.25, -0.2) is 4.98 Å². The topological polar surface area (TPSA) is 79.8 Å². The first-order valence-corrected chi connectivity index (χ1v) is 6.12. The number of aromatic nitrogens is 3. The average Bonchev–Trinajstić information content (AvgIpc) is 2.39. The molecule has 0 aliphatic carbocycles. The van der Waals surface area contributed by atoms with E-state index < -0.39 is 0 Å². The Morgan fingerprint density at radius 3 is 2.25 bits per heavy atom. The molecule has 2 rings (SSSR count). The number of hydrogen-bond donors (Lipinski definition) is 2. The lowest BCUT2D eigenvalue weighted by Gasteiger charge is -2.20. The molecule has 2 N–H and O–H groups in total. The fourth-order valence-corrected chi connectivity index (χ4v) is 1.49. The van der Waals surface area contributed by atoms with Crippen LogP contribution in [0.15, 0.2) is 24.3 Å². The van der Waals surface area contributed by atoms with Crippen LogP contribution in [0.5, 0.6) is 0 Å². The van der Waals surface area contributed by atoms with Crippen molar-refractivity contribution in [3.63, 3.8) is 0 Å². The van der Waals surface area contributed by atoms with Crippen LogP contribution in [0.2, 0.25) is 0 Å². The Labute approximate surface area is 117 Å². The Balaban J connectivity index is 2.05. The molecule has 0 saturated carbocycles. The Kier molecular flexibility index (Phi) is 3.93. The molecule has 1 heterocycles. The molecule has 0 atom stereocenters. The summed E-state index contributed by atoms with van der Waals surface area (Å²) in [6.45, 7) is 5.82. The van der Waals surface area contributed by atoms with E-state index in [2.05, 4.69) is 38.2 Å². The van der Waals surface area contributed by atoms with E-state index in [-0.39, 0.29) is 11.4 Å². The van der Waals surface area contributed by atoms with E-state index in [9.17, 15) is 4.79 Å². The highest BCUT2D eigenvalue weighted by atomic mass is 16.1. The maximum absolute atomic E-state index is 12.0. The quantitative estimate of drug-likeness (QED) is 0.887. The molecule has 0 aliphatic rings. The summed E-state index contributed by atoms with van der Waals surface area (Å²) < 4.78 is 0. The molecule has 1 aromatic heterocycles. The predicted molar refractivity (Wildman–Crippen MR) is 74.4 cm³/mol. The van der Waals surface area contributed by atoms with E-state index in [1.165, 1.54) is 0 Å². The van der Waals surface area contributed by atoms with Gasteiger partial charge in [0, 0.05) is 16.8 Å². The number of amides is 1. The molecule has 102 valence electrons. The maximum Gasteiger partial charge on any atom is 0.251 e. The first-order chi connectivity index (χ1) is 9.44. The van der Waals surface area contributed by atoms with Gasteiger partial charge in [-0.2, -0.15) is 9.97 Å². The van der Waals surface area contributed by atoms with Crippen LogP contribution < -0.4 is 10.6 Å². The number of nitrogens with zero attached hydrogens (tertiary/aromatic N) is 3. The summed E-state index contributed by atoms with van der Waals surface area (Å²) in [5.74, 6) is 0.248. The summed E-state index contributed by atoms with van der Waals surface area (Å²) in [4.78, 5) is 23.1. The monoisotopic (exact) mass is 269 g/mol. The molecule has 0 aliphatic heterocycles. The van der Waals surface area contributed by atoms with Crippen molar-refractivity contribution in [2.45, 2.75) is 26.3 Å². The summed E-state index contributed by atoms with van der Waals surface area (Å²) in [6.07, 6.45) is 4.78. The number of nitrogens with one attached hydrogen (secondary N) is 2. The first-order valence-electron chi connectivity index (χ1n) is 6.12. The molecule has 6 nitrogen and oxygen atoms in total. The first kappa shape index (κ1) is 13.9. The van der Waals surface area contributed by atoms with Crippen LogP contribution in [0.1, 0.15) is 31.1 Å². The summed E-state index contributed by atoms with van der Waals surface area (Å²) in [7, 11) is 0. The van der Waals surface area contributed by atoms with Crippen molar-refractivity contribution in [2.24, 2.45) is 0 Å². The molecule has 6 heteroatoms. The van der Waals surface area contributed by atoms with Crippen molar-refractivity contribution in [1.82, 2.24) is 20.3 Å². The summed E-state index contributed by atoms with van der Waals surface area (Å²) in [6, 6.07) is 7.03. The standard InChI is InChI=1S/C14H15N5O/c1-14(2,3)19-12(20)10-4-6-11(7-5-10)18-13-16-8-15-9-17-13/h4-7H,1-3H3,(H,19,20)(H,15,16,17,18). The van der Waals surface area contributed by atoms with E-state index in [4.69, 9.17) is 0 Å². The van der Waals surface area contributed by atoms with Crippen molar-refractivity contribution >= 4 is 17.5 Å². The smallest absolute Gasteiger partial charge is 0.251 e. The number of carbonyl (C=O) groups excluding carboxylic acids is 1. The second kappa shape index (κ2) is 5.64. The van der Waals surface area contributed by atoms with Gasteiger partial charge in [0.2, 0.25) is 18.6 Å². The summed E-state index contributed by atoms with van der Waals surface area (Å²) >= 11 is 0. The maximum atomic E-state index is 12.0. The van der Waals surface area contributed by atoms with E-state index >= 15 is 0 Å². The zero-order chi connectivity index (χ0) is 14.6. The molecule has 0 fully saturated rings. The second-order valence-corrected chi connectivity index (χ2v) is 5.27. The minimum absolute atomic E-state index is 0.106. The van der Waals surface area contributed by atoms with Crippen molar-refractivity contribution in [1.29, 1.82) is 0 Å². The number of hydrogen-bond acceptors (Lipinski definition) is 5. The van der Waals surface area contributed by atoms with E-state index in [0.717, 1.165) is 5.69 Å². The van der Waals surface area contributed by atoms with Crippen LogP contribution in [-0.4, -0.2) is 26.4 Å². The summed E-state index contributed by atoms with van der Waals surface area (Å²) in [5.41, 5.74) is 1.11. The Bertz CT molecular complexity index is 575. The fraction of sp³-hybridized carbons (Fsp3) is 0.286. The van der Waals surface area contributed by atoms with Crippen LogP contribution in [0.4, 0.5) is 11.6 Å². The van der Waals surface area contributed by atoms with Crippen LogP contribution >= 0.6 is 0 Å². The molecule has 2 aromatic rings. The fourth-order valence-electron chi connectivity index (χ4n) is 1.49. The van der Waals surface area contributed by atoms with Crippen molar-refractivity contribution in [3.05, 3.63) is 42.5 Å². The van der Waals surface area contributed by atoms with Gasteiger partial charge in [0.15, 0.2) is 0 Å². The SMILES string of the molecule is CC(C)(C)NC(=O)c1ccc(Nc2n[c]n[c]n2)cc1. The van der Waals surface area contributed by atoms with Crippen molar-refractivity contribution in [2.75, 3.05) is 5.32 Å². The number of benzene rings is 1. The van der Waals surface area contributed by atoms with Gasteiger partial charge in [0.25, 0.3) is 5.91 Å². The lowest BCUT2D eigenvalue weighted by atomic mass is 10.1. The molecule has 20 heavy (non-hydrogen) atoms. The highest BCUT2D eigenvalue weighted by molar-refractivity contribution is 5.95. The average molecular weight is 269 g/mol. The molecule has 2 radical (unpaired) electrons. The van der Waals surface area contributed by atoms with Crippen LogP contribution in [0, 0.1) is 12.7 Å². The Morgan fingerprint density at radius 1 is 1.10 bits per heavy atom. The Morgan fingerprint density at radius 2 is 1.70 bits per heavy atom. The van der Waals surface area contributed by atoms with Gasteiger partial charge in [0.1, 0.15) is 0 Å². The zero-order valence-electron chi connectivity index (χ0n) is 11.6. The molecule has 1 aromatic carbocycles. The molecular formula is C14H15N5O. The molecule has 0 saturated heterocycles. The normalized spacial score (nSPS) is 10.9. The van der Waals surface area contributed by atoms with E-state index in [1.807, 2.05) is 20.8 Å². The van der Waals surface area contributed by atoms with E-state index in [1.54, 1.807) is 24.3 Å². The van der Waals surface area contributed by atoms with Gasteiger partial charge in [-0.15, -0.1) is 0 Å². The zero-order valence-corrected chi connectivity index (χ0v) is 11.6. The van der Waals surface area contributed by atoms with Gasteiger partial charge in [0.05, 0.1) is 0 Å². The minimum atomic E-state index is -0.259. The number of anilines is 2. The van der Waals surface area contributed by atoms with E-state index in [0.29, 0.717) is 11.5 Å². The molecule has 0 bridgehead atoms. The van der Waals surface area contributed by atoms with Gasteiger partial charge in [-0.05, 0) is 45.0 Å². The second-order valence-electron chi connectivity index (χ2n) is 5.27.